The summed E-state index contributed by atoms with van der Waals surface area (Å²) in [7, 11) is 0. The first-order valence-electron chi connectivity index (χ1n) is 6.10. The molecule has 11 heteroatoms. The van der Waals surface area contributed by atoms with Crippen LogP contribution in [0.25, 0.3) is 0 Å². The summed E-state index contributed by atoms with van der Waals surface area (Å²) < 4.78 is 99.6. The fourth-order valence-electron chi connectivity index (χ4n) is 1.06. The highest BCUT2D eigenvalue weighted by molar-refractivity contribution is 5.86. The van der Waals surface area contributed by atoms with Crippen LogP contribution in [0.1, 0.15) is 13.8 Å². The fourth-order valence-corrected chi connectivity index (χ4v) is 1.06. The molecule has 0 aromatic rings. The van der Waals surface area contributed by atoms with E-state index in [2.05, 4.69) is 16.1 Å². The predicted molar refractivity (Wildman–Crippen MR) is 63.1 cm³/mol. The molecule has 0 aliphatic heterocycles. The molecule has 0 fully saturated rings. The van der Waals surface area contributed by atoms with Crippen molar-refractivity contribution >= 4 is 5.97 Å². The Morgan fingerprint density at radius 3 is 2.04 bits per heavy atom. The van der Waals surface area contributed by atoms with Gasteiger partial charge in [-0.2, -0.15) is 30.7 Å². The summed E-state index contributed by atoms with van der Waals surface area (Å²) in [5.74, 6) is -12.4. The van der Waals surface area contributed by atoms with Crippen molar-refractivity contribution in [1.82, 2.24) is 0 Å². The number of carbonyl (C=O) groups excluding carboxylic acids is 1. The lowest BCUT2D eigenvalue weighted by atomic mass is 10.2. The van der Waals surface area contributed by atoms with Crippen molar-refractivity contribution in [2.45, 2.75) is 38.2 Å². The molecule has 0 aromatic carbocycles. The third-order valence-corrected chi connectivity index (χ3v) is 2.30. The highest BCUT2D eigenvalue weighted by Gasteiger charge is 2.72. The third-order valence-electron chi connectivity index (χ3n) is 2.30. The molecule has 0 rings (SSSR count). The minimum absolute atomic E-state index is 0.0747. The third kappa shape index (κ3) is 6.34. The smallest absolute Gasteiger partial charge is 0.433 e. The van der Waals surface area contributed by atoms with E-state index in [1.807, 2.05) is 0 Å². The first kappa shape index (κ1) is 21.6. The Hall–Kier alpha value is -1.36. The van der Waals surface area contributed by atoms with Crippen LogP contribution >= 0.6 is 0 Å². The van der Waals surface area contributed by atoms with Crippen molar-refractivity contribution in [2.24, 2.45) is 0 Å². The van der Waals surface area contributed by atoms with E-state index in [-0.39, 0.29) is 5.57 Å². The van der Waals surface area contributed by atoms with Crippen LogP contribution in [-0.2, 0) is 19.0 Å². The second-order valence-corrected chi connectivity index (χ2v) is 4.45. The number of alkyl halides is 7. The molecular weight excluding hydrogens is 341 g/mol. The molecule has 0 saturated heterocycles. The monoisotopic (exact) mass is 356 g/mol. The molecule has 0 saturated carbocycles. The van der Waals surface area contributed by atoms with Crippen molar-refractivity contribution < 1.29 is 49.7 Å². The van der Waals surface area contributed by atoms with Gasteiger partial charge in [-0.25, -0.2) is 4.79 Å². The summed E-state index contributed by atoms with van der Waals surface area (Å²) in [6.07, 6.45) is -7.51. The lowest BCUT2D eigenvalue weighted by Gasteiger charge is -2.27. The Kier molecular flexibility index (Phi) is 7.48. The van der Waals surface area contributed by atoms with Gasteiger partial charge in [0.25, 0.3) is 0 Å². The second-order valence-electron chi connectivity index (χ2n) is 4.45. The highest BCUT2D eigenvalue weighted by atomic mass is 19.4. The molecule has 0 aliphatic rings. The zero-order chi connectivity index (χ0) is 18.5. The van der Waals surface area contributed by atoms with Gasteiger partial charge in [0, 0.05) is 5.57 Å². The molecule has 23 heavy (non-hydrogen) atoms. The zero-order valence-corrected chi connectivity index (χ0v) is 12.2. The number of carbonyl (C=O) groups is 1. The molecule has 0 amide bonds. The van der Waals surface area contributed by atoms with Crippen LogP contribution in [-0.4, -0.2) is 50.1 Å². The van der Waals surface area contributed by atoms with Crippen LogP contribution in [0.5, 0.6) is 0 Å². The van der Waals surface area contributed by atoms with Crippen LogP contribution < -0.4 is 0 Å². The van der Waals surface area contributed by atoms with Crippen LogP contribution in [0, 0.1) is 0 Å². The lowest BCUT2D eigenvalue weighted by Crippen LogP contribution is -2.54. The van der Waals surface area contributed by atoms with Gasteiger partial charge in [0.15, 0.2) is 0 Å². The van der Waals surface area contributed by atoms with Gasteiger partial charge in [0.05, 0.1) is 13.2 Å². The lowest BCUT2D eigenvalue weighted by molar-refractivity contribution is -0.361. The number of halogens is 7. The van der Waals surface area contributed by atoms with Crippen molar-refractivity contribution in [3.63, 3.8) is 0 Å². The van der Waals surface area contributed by atoms with E-state index < -0.39 is 50.1 Å². The van der Waals surface area contributed by atoms with Gasteiger partial charge in [-0.15, -0.1) is 0 Å². The molecule has 136 valence electrons. The average molecular weight is 356 g/mol. The summed E-state index contributed by atoms with van der Waals surface area (Å²) >= 11 is 0. The standard InChI is InChI=1S/C12H15F7O4/c1-7(2)9(20)23-8(3)22-5-4-21-6-10(13,14)11(15,16)12(17,18)19/h8H,1,4-6H2,2-3H3. The van der Waals surface area contributed by atoms with E-state index in [0.29, 0.717) is 0 Å². The number of ether oxygens (including phenoxy) is 3. The van der Waals surface area contributed by atoms with Crippen LogP contribution in [0.4, 0.5) is 30.7 Å². The van der Waals surface area contributed by atoms with Gasteiger partial charge in [-0.1, -0.05) is 6.58 Å². The largest absolute Gasteiger partial charge is 0.459 e. The first-order valence-corrected chi connectivity index (χ1v) is 6.10. The maximum atomic E-state index is 12.8. The predicted octanol–water partition coefficient (Wildman–Crippen LogP) is 3.32. The Balaban J connectivity index is 4.17. The van der Waals surface area contributed by atoms with Gasteiger partial charge in [-0.05, 0) is 13.8 Å². The average Bonchev–Trinajstić information content (AvgIpc) is 2.36. The Morgan fingerprint density at radius 2 is 1.61 bits per heavy atom. The van der Waals surface area contributed by atoms with Crippen LogP contribution in [0.15, 0.2) is 12.2 Å². The number of esters is 1. The summed E-state index contributed by atoms with van der Waals surface area (Å²) in [6, 6.07) is 0. The van der Waals surface area contributed by atoms with Gasteiger partial charge in [0.1, 0.15) is 6.61 Å². The molecule has 1 unspecified atom stereocenters. The summed E-state index contributed by atoms with van der Waals surface area (Å²) in [6.45, 7) is 2.59. The molecule has 4 nitrogen and oxygen atoms in total. The zero-order valence-electron chi connectivity index (χ0n) is 12.2. The van der Waals surface area contributed by atoms with Gasteiger partial charge < -0.3 is 14.2 Å². The van der Waals surface area contributed by atoms with Gasteiger partial charge in [-0.3, -0.25) is 0 Å². The van der Waals surface area contributed by atoms with Crippen molar-refractivity contribution in [1.29, 1.82) is 0 Å². The topological polar surface area (TPSA) is 44.8 Å². The second kappa shape index (κ2) is 7.95. The molecular formula is C12H15F7O4. The number of hydrogen-bond acceptors (Lipinski definition) is 4. The van der Waals surface area contributed by atoms with Gasteiger partial charge >= 0.3 is 24.0 Å². The fraction of sp³-hybridized carbons (Fsp3) is 0.750. The van der Waals surface area contributed by atoms with Gasteiger partial charge in [0.2, 0.25) is 6.29 Å². The first-order chi connectivity index (χ1) is 10.2. The Bertz CT molecular complexity index is 420. The molecule has 0 aromatic heterocycles. The highest BCUT2D eigenvalue weighted by Crippen LogP contribution is 2.46. The molecule has 0 N–H and O–H groups in total. The molecule has 1 atom stereocenters. The normalized spacial score (nSPS) is 14.5. The minimum Gasteiger partial charge on any atom is -0.433 e. The Morgan fingerprint density at radius 1 is 1.09 bits per heavy atom. The van der Waals surface area contributed by atoms with E-state index in [1.165, 1.54) is 13.8 Å². The van der Waals surface area contributed by atoms with Crippen LogP contribution in [0.2, 0.25) is 0 Å². The van der Waals surface area contributed by atoms with Crippen LogP contribution in [0.3, 0.4) is 0 Å². The van der Waals surface area contributed by atoms with Crippen molar-refractivity contribution in [2.75, 3.05) is 19.8 Å². The minimum atomic E-state index is -6.40. The summed E-state index contributed by atoms with van der Waals surface area (Å²) in [4.78, 5) is 11.1. The number of hydrogen-bond donors (Lipinski definition) is 0. The van der Waals surface area contributed by atoms with Crippen molar-refractivity contribution in [3.8, 4) is 0 Å². The van der Waals surface area contributed by atoms with E-state index in [4.69, 9.17) is 4.74 Å². The van der Waals surface area contributed by atoms with Crippen molar-refractivity contribution in [3.05, 3.63) is 12.2 Å². The quantitative estimate of drug-likeness (QED) is 0.209. The van der Waals surface area contributed by atoms with E-state index in [0.717, 1.165) is 0 Å². The molecule has 0 heterocycles. The maximum Gasteiger partial charge on any atom is 0.459 e. The molecule has 0 radical (unpaired) electrons. The maximum absolute atomic E-state index is 12.8. The SMILES string of the molecule is C=C(C)C(=O)OC(C)OCCOCC(F)(F)C(F)(F)C(F)(F)F. The molecule has 0 bridgehead atoms. The van der Waals surface area contributed by atoms with E-state index >= 15 is 0 Å². The summed E-state index contributed by atoms with van der Waals surface area (Å²) in [5.41, 5.74) is 0.0747. The number of rotatable bonds is 9. The van der Waals surface area contributed by atoms with E-state index in [9.17, 15) is 35.5 Å². The molecule has 0 aliphatic carbocycles. The molecule has 0 spiro atoms. The summed E-state index contributed by atoms with van der Waals surface area (Å²) in [5, 5.41) is 0. The van der Waals surface area contributed by atoms with E-state index in [1.54, 1.807) is 0 Å². The Labute approximate surface area is 127 Å².